The van der Waals surface area contributed by atoms with Gasteiger partial charge in [0.25, 0.3) is 11.5 Å². The zero-order valence-corrected chi connectivity index (χ0v) is 17.8. The highest BCUT2D eigenvalue weighted by Gasteiger charge is 2.26. The van der Waals surface area contributed by atoms with Gasteiger partial charge >= 0.3 is 0 Å². The SMILES string of the molecule is Cn1cccc(C(=O)N2CCC(c3ccc4cc(-c5ccncc5)cnc4n3)CC2)c1=O. The fourth-order valence-electron chi connectivity index (χ4n) is 4.26. The molecule has 0 bridgehead atoms. The highest BCUT2D eigenvalue weighted by Crippen LogP contribution is 2.29. The second-order valence-corrected chi connectivity index (χ2v) is 8.15. The van der Waals surface area contributed by atoms with E-state index < -0.39 is 0 Å². The highest BCUT2D eigenvalue weighted by molar-refractivity contribution is 5.93. The molecule has 0 aromatic carbocycles. The van der Waals surface area contributed by atoms with E-state index in [1.165, 1.54) is 4.57 Å². The van der Waals surface area contributed by atoms with Gasteiger partial charge in [0.15, 0.2) is 5.65 Å². The minimum Gasteiger partial charge on any atom is -0.338 e. The van der Waals surface area contributed by atoms with Gasteiger partial charge in [-0.1, -0.05) is 0 Å². The van der Waals surface area contributed by atoms with Gasteiger partial charge in [0.1, 0.15) is 5.56 Å². The molecule has 160 valence electrons. The van der Waals surface area contributed by atoms with Gasteiger partial charge in [-0.3, -0.25) is 14.6 Å². The maximum Gasteiger partial charge on any atom is 0.263 e. The monoisotopic (exact) mass is 425 g/mol. The molecule has 0 spiro atoms. The highest BCUT2D eigenvalue weighted by atomic mass is 16.2. The third kappa shape index (κ3) is 3.77. The third-order valence-corrected chi connectivity index (χ3v) is 6.13. The lowest BCUT2D eigenvalue weighted by atomic mass is 9.92. The van der Waals surface area contributed by atoms with Gasteiger partial charge in [-0.25, -0.2) is 9.97 Å². The summed E-state index contributed by atoms with van der Waals surface area (Å²) in [6.45, 7) is 1.21. The Morgan fingerprint density at radius 3 is 2.59 bits per heavy atom. The number of likely N-dealkylation sites (tertiary alicyclic amines) is 1. The Kier molecular flexibility index (Phi) is 5.23. The molecule has 0 radical (unpaired) electrons. The molecule has 7 nitrogen and oxygen atoms in total. The number of piperidine rings is 1. The molecule has 32 heavy (non-hydrogen) atoms. The number of aryl methyl sites for hydroxylation is 1. The standard InChI is InChI=1S/C25H23N5O2/c1-29-12-2-3-21(24(29)31)25(32)30-13-8-18(9-14-30)22-5-4-19-15-20(16-27-23(19)28-22)17-6-10-26-11-7-17/h2-7,10-12,15-16,18H,8-9,13-14H2,1H3. The summed E-state index contributed by atoms with van der Waals surface area (Å²) in [5, 5.41) is 0.996. The fourth-order valence-corrected chi connectivity index (χ4v) is 4.26. The molecule has 0 saturated carbocycles. The molecule has 1 aliphatic rings. The first-order valence-corrected chi connectivity index (χ1v) is 10.7. The number of hydrogen-bond acceptors (Lipinski definition) is 5. The van der Waals surface area contributed by atoms with Gasteiger partial charge in [0, 0.05) is 67.5 Å². The van der Waals surface area contributed by atoms with Crippen molar-refractivity contribution >= 4 is 16.9 Å². The number of aromatic nitrogens is 4. The summed E-state index contributed by atoms with van der Waals surface area (Å²) in [5.41, 5.74) is 3.81. The molecule has 0 N–H and O–H groups in total. The van der Waals surface area contributed by atoms with Crippen LogP contribution >= 0.6 is 0 Å². The summed E-state index contributed by atoms with van der Waals surface area (Å²) in [4.78, 5) is 40.3. The minimum absolute atomic E-state index is 0.193. The molecule has 5 rings (SSSR count). The maximum atomic E-state index is 12.8. The number of fused-ring (bicyclic) bond motifs is 1. The summed E-state index contributed by atoms with van der Waals surface area (Å²) in [7, 11) is 1.66. The van der Waals surface area contributed by atoms with Crippen LogP contribution < -0.4 is 5.56 Å². The fraction of sp³-hybridized carbons (Fsp3) is 0.240. The first-order valence-electron chi connectivity index (χ1n) is 10.7. The summed E-state index contributed by atoms with van der Waals surface area (Å²) in [5.74, 6) is 0.0742. The number of hydrogen-bond donors (Lipinski definition) is 0. The van der Waals surface area contributed by atoms with Crippen LogP contribution in [0.15, 0.2) is 72.0 Å². The maximum absolute atomic E-state index is 12.8. The van der Waals surface area contributed by atoms with Crippen molar-refractivity contribution in [2.45, 2.75) is 18.8 Å². The van der Waals surface area contributed by atoms with E-state index >= 15 is 0 Å². The van der Waals surface area contributed by atoms with Crippen molar-refractivity contribution in [1.29, 1.82) is 0 Å². The Balaban J connectivity index is 1.31. The van der Waals surface area contributed by atoms with Crippen LogP contribution in [0.3, 0.4) is 0 Å². The molecule has 1 amide bonds. The van der Waals surface area contributed by atoms with Crippen LogP contribution in [0.2, 0.25) is 0 Å². The molecule has 0 unspecified atom stereocenters. The molecule has 0 atom stereocenters. The summed E-state index contributed by atoms with van der Waals surface area (Å²) in [6.07, 6.45) is 8.67. The molecular formula is C25H23N5O2. The average molecular weight is 425 g/mol. The predicted octanol–water partition coefficient (Wildman–Crippen LogP) is 3.41. The van der Waals surface area contributed by atoms with Gasteiger partial charge in [-0.05, 0) is 60.9 Å². The van der Waals surface area contributed by atoms with Crippen molar-refractivity contribution in [3.8, 4) is 11.1 Å². The number of rotatable bonds is 3. The quantitative estimate of drug-likeness (QED) is 0.502. The van der Waals surface area contributed by atoms with Gasteiger partial charge in [-0.2, -0.15) is 0 Å². The van der Waals surface area contributed by atoms with Crippen molar-refractivity contribution in [2.24, 2.45) is 7.05 Å². The van der Waals surface area contributed by atoms with Crippen molar-refractivity contribution in [1.82, 2.24) is 24.4 Å². The predicted molar refractivity (Wildman–Crippen MR) is 122 cm³/mol. The smallest absolute Gasteiger partial charge is 0.263 e. The molecule has 1 fully saturated rings. The Morgan fingerprint density at radius 1 is 1.03 bits per heavy atom. The number of nitrogens with zero attached hydrogens (tertiary/aromatic N) is 5. The van der Waals surface area contributed by atoms with Crippen LogP contribution in [0.4, 0.5) is 0 Å². The first-order chi connectivity index (χ1) is 15.6. The lowest BCUT2D eigenvalue weighted by Crippen LogP contribution is -2.40. The van der Waals surface area contributed by atoms with Crippen LogP contribution in [0.25, 0.3) is 22.2 Å². The van der Waals surface area contributed by atoms with E-state index in [2.05, 4.69) is 28.2 Å². The number of pyridine rings is 4. The van der Waals surface area contributed by atoms with Crippen LogP contribution in [0, 0.1) is 0 Å². The van der Waals surface area contributed by atoms with Crippen molar-refractivity contribution in [3.63, 3.8) is 0 Å². The Bertz CT molecular complexity index is 1340. The third-order valence-electron chi connectivity index (χ3n) is 6.13. The van der Waals surface area contributed by atoms with Gasteiger partial charge < -0.3 is 9.47 Å². The zero-order chi connectivity index (χ0) is 22.1. The average Bonchev–Trinajstić information content (AvgIpc) is 2.85. The van der Waals surface area contributed by atoms with E-state index in [4.69, 9.17) is 4.98 Å². The summed E-state index contributed by atoms with van der Waals surface area (Å²) < 4.78 is 1.44. The summed E-state index contributed by atoms with van der Waals surface area (Å²) in [6, 6.07) is 13.5. The van der Waals surface area contributed by atoms with Gasteiger partial charge in [-0.15, -0.1) is 0 Å². The molecular weight excluding hydrogens is 402 g/mol. The van der Waals surface area contributed by atoms with E-state index in [0.717, 1.165) is 40.7 Å². The zero-order valence-electron chi connectivity index (χ0n) is 17.8. The van der Waals surface area contributed by atoms with E-state index in [0.29, 0.717) is 13.1 Å². The first kappa shape index (κ1) is 20.1. The Morgan fingerprint density at radius 2 is 1.81 bits per heavy atom. The van der Waals surface area contributed by atoms with Crippen molar-refractivity contribution in [3.05, 3.63) is 88.9 Å². The lowest BCUT2D eigenvalue weighted by Gasteiger charge is -2.31. The number of amides is 1. The second kappa shape index (κ2) is 8.34. The van der Waals surface area contributed by atoms with Crippen LogP contribution in [0.5, 0.6) is 0 Å². The summed E-state index contributed by atoms with van der Waals surface area (Å²) >= 11 is 0. The van der Waals surface area contributed by atoms with Gasteiger partial charge in [0.05, 0.1) is 0 Å². The Hall–Kier alpha value is -3.87. The normalized spacial score (nSPS) is 14.6. The van der Waals surface area contributed by atoms with E-state index in [-0.39, 0.29) is 22.9 Å². The molecule has 0 aliphatic carbocycles. The van der Waals surface area contributed by atoms with Crippen LogP contribution in [-0.4, -0.2) is 43.4 Å². The van der Waals surface area contributed by atoms with E-state index in [1.807, 2.05) is 18.3 Å². The molecule has 4 aromatic heterocycles. The largest absolute Gasteiger partial charge is 0.338 e. The lowest BCUT2D eigenvalue weighted by molar-refractivity contribution is 0.0709. The molecule has 1 saturated heterocycles. The van der Waals surface area contributed by atoms with Crippen molar-refractivity contribution in [2.75, 3.05) is 13.1 Å². The van der Waals surface area contributed by atoms with E-state index in [9.17, 15) is 9.59 Å². The molecule has 4 aromatic rings. The molecule has 1 aliphatic heterocycles. The van der Waals surface area contributed by atoms with E-state index in [1.54, 1.807) is 42.7 Å². The molecule has 7 heteroatoms. The topological polar surface area (TPSA) is 81.0 Å². The number of carbonyl (C=O) groups is 1. The van der Waals surface area contributed by atoms with Gasteiger partial charge in [0.2, 0.25) is 0 Å². The van der Waals surface area contributed by atoms with Crippen LogP contribution in [-0.2, 0) is 7.05 Å². The minimum atomic E-state index is -0.256. The van der Waals surface area contributed by atoms with Crippen LogP contribution in [0.1, 0.15) is 34.8 Å². The molecule has 5 heterocycles. The Labute approximate surface area is 185 Å². The van der Waals surface area contributed by atoms with Crippen molar-refractivity contribution < 1.29 is 4.79 Å². The number of carbonyl (C=O) groups excluding carboxylic acids is 1. The second-order valence-electron chi connectivity index (χ2n) is 8.15.